The molecule has 4 rings (SSSR count). The topological polar surface area (TPSA) is 97.1 Å². The third-order valence-corrected chi connectivity index (χ3v) is 8.50. The normalized spacial score (nSPS) is 18.4. The van der Waals surface area contributed by atoms with Crippen LogP contribution in [0.1, 0.15) is 55.6 Å². The highest BCUT2D eigenvalue weighted by molar-refractivity contribution is 7.89. The van der Waals surface area contributed by atoms with Crippen LogP contribution in [0.3, 0.4) is 0 Å². The van der Waals surface area contributed by atoms with Gasteiger partial charge in [0.25, 0.3) is 10.0 Å². The number of benzene rings is 1. The first-order valence-electron chi connectivity index (χ1n) is 11.9. The number of ether oxygens (including phenoxy) is 1. The monoisotopic (exact) mass is 488 g/mol. The van der Waals surface area contributed by atoms with Crippen molar-refractivity contribution in [3.05, 3.63) is 53.8 Å². The van der Waals surface area contributed by atoms with Crippen LogP contribution >= 0.6 is 0 Å². The highest BCUT2D eigenvalue weighted by Crippen LogP contribution is 2.37. The SMILES string of the molecule is CCOC(=O)c1ccc(S(=O)(=O)N2CCC(C(=O)N(Cc3ccccc3)C(C)C3CC3)CC2)o1. The molecule has 0 spiro atoms. The number of nitrogens with zero attached hydrogens (tertiary/aromatic N) is 2. The van der Waals surface area contributed by atoms with Gasteiger partial charge in [0.2, 0.25) is 16.8 Å². The number of rotatable bonds is 9. The van der Waals surface area contributed by atoms with Crippen LogP contribution in [0, 0.1) is 11.8 Å². The van der Waals surface area contributed by atoms with E-state index in [4.69, 9.17) is 9.15 Å². The number of amides is 1. The lowest BCUT2D eigenvalue weighted by atomic mass is 9.95. The van der Waals surface area contributed by atoms with Gasteiger partial charge in [-0.3, -0.25) is 4.79 Å². The molecule has 1 saturated heterocycles. The van der Waals surface area contributed by atoms with E-state index in [0.717, 1.165) is 18.4 Å². The van der Waals surface area contributed by atoms with Crippen LogP contribution in [0.25, 0.3) is 0 Å². The minimum absolute atomic E-state index is 0.0999. The molecule has 2 heterocycles. The van der Waals surface area contributed by atoms with Crippen molar-refractivity contribution in [1.82, 2.24) is 9.21 Å². The number of sulfonamides is 1. The fraction of sp³-hybridized carbons (Fsp3) is 0.520. The summed E-state index contributed by atoms with van der Waals surface area (Å²) >= 11 is 0. The number of carbonyl (C=O) groups is 2. The Morgan fingerprint density at radius 1 is 1.09 bits per heavy atom. The second-order valence-corrected chi connectivity index (χ2v) is 10.9. The number of piperidine rings is 1. The Balaban J connectivity index is 1.41. The molecule has 1 aliphatic carbocycles. The molecule has 1 aromatic carbocycles. The summed E-state index contributed by atoms with van der Waals surface area (Å²) < 4.78 is 37.5. The second kappa shape index (κ2) is 10.3. The van der Waals surface area contributed by atoms with E-state index in [0.29, 0.717) is 25.3 Å². The Labute approximate surface area is 200 Å². The lowest BCUT2D eigenvalue weighted by Crippen LogP contribution is -2.47. The predicted octanol–water partition coefficient (Wildman–Crippen LogP) is 3.68. The Bertz CT molecular complexity index is 1100. The molecule has 8 nitrogen and oxygen atoms in total. The Kier molecular flexibility index (Phi) is 7.42. The third kappa shape index (κ3) is 5.36. The smallest absolute Gasteiger partial charge is 0.374 e. The zero-order valence-corrected chi connectivity index (χ0v) is 20.5. The van der Waals surface area contributed by atoms with Gasteiger partial charge < -0.3 is 14.1 Å². The molecule has 2 fully saturated rings. The van der Waals surface area contributed by atoms with Gasteiger partial charge in [-0.2, -0.15) is 4.31 Å². The fourth-order valence-electron chi connectivity index (χ4n) is 4.51. The standard InChI is InChI=1S/C25H32N2O6S/c1-3-32-25(29)22-11-12-23(33-22)34(30,31)26-15-13-21(14-16-26)24(28)27(18(2)20-9-10-20)17-19-7-5-4-6-8-19/h4-8,11-12,18,20-21H,3,9-10,13-17H2,1-2H3. The van der Waals surface area contributed by atoms with Crippen LogP contribution in [-0.2, 0) is 26.1 Å². The summed E-state index contributed by atoms with van der Waals surface area (Å²) in [6.07, 6.45) is 3.19. The molecule has 2 aromatic rings. The van der Waals surface area contributed by atoms with E-state index in [1.54, 1.807) is 6.92 Å². The Morgan fingerprint density at radius 3 is 2.38 bits per heavy atom. The molecule has 0 N–H and O–H groups in total. The first-order valence-corrected chi connectivity index (χ1v) is 13.4. The molecule has 1 atom stereocenters. The lowest BCUT2D eigenvalue weighted by molar-refractivity contribution is -0.140. The second-order valence-electron chi connectivity index (χ2n) is 9.05. The molecule has 1 amide bonds. The Morgan fingerprint density at radius 2 is 1.76 bits per heavy atom. The Hall–Kier alpha value is -2.65. The molecule has 34 heavy (non-hydrogen) atoms. The van der Waals surface area contributed by atoms with E-state index in [1.165, 1.54) is 16.4 Å². The third-order valence-electron chi connectivity index (χ3n) is 6.73. The van der Waals surface area contributed by atoms with E-state index in [-0.39, 0.29) is 48.4 Å². The van der Waals surface area contributed by atoms with E-state index >= 15 is 0 Å². The molecule has 1 aromatic heterocycles. The van der Waals surface area contributed by atoms with Crippen molar-refractivity contribution in [3.63, 3.8) is 0 Å². The lowest BCUT2D eigenvalue weighted by Gasteiger charge is -2.36. The summed E-state index contributed by atoms with van der Waals surface area (Å²) in [5.41, 5.74) is 1.10. The largest absolute Gasteiger partial charge is 0.460 e. The highest BCUT2D eigenvalue weighted by atomic mass is 32.2. The first-order chi connectivity index (χ1) is 16.3. The number of esters is 1. The maximum absolute atomic E-state index is 13.5. The summed E-state index contributed by atoms with van der Waals surface area (Å²) in [4.78, 5) is 27.3. The van der Waals surface area contributed by atoms with E-state index in [9.17, 15) is 18.0 Å². The van der Waals surface area contributed by atoms with Crippen molar-refractivity contribution < 1.29 is 27.2 Å². The number of furan rings is 1. The minimum Gasteiger partial charge on any atom is -0.460 e. The van der Waals surface area contributed by atoms with Gasteiger partial charge >= 0.3 is 5.97 Å². The average Bonchev–Trinajstić information content (AvgIpc) is 3.57. The van der Waals surface area contributed by atoms with Crippen molar-refractivity contribution in [3.8, 4) is 0 Å². The summed E-state index contributed by atoms with van der Waals surface area (Å²) in [5.74, 6) is -0.417. The molecule has 2 aliphatic rings. The van der Waals surface area contributed by atoms with Gasteiger partial charge in [-0.1, -0.05) is 30.3 Å². The van der Waals surface area contributed by atoms with Crippen molar-refractivity contribution in [2.45, 2.75) is 57.2 Å². The van der Waals surface area contributed by atoms with Crippen molar-refractivity contribution in [1.29, 1.82) is 0 Å². The first kappa shape index (κ1) is 24.5. The van der Waals surface area contributed by atoms with Gasteiger partial charge in [0, 0.05) is 31.6 Å². The quantitative estimate of drug-likeness (QED) is 0.500. The molecular formula is C25H32N2O6S. The molecule has 184 valence electrons. The molecule has 1 unspecified atom stereocenters. The zero-order valence-electron chi connectivity index (χ0n) is 19.7. The van der Waals surface area contributed by atoms with E-state index < -0.39 is 16.0 Å². The number of hydrogen-bond donors (Lipinski definition) is 0. The molecule has 1 saturated carbocycles. The van der Waals surface area contributed by atoms with Gasteiger partial charge in [-0.25, -0.2) is 13.2 Å². The molecule has 9 heteroatoms. The summed E-state index contributed by atoms with van der Waals surface area (Å²) in [6.45, 7) is 4.98. The molecule has 1 aliphatic heterocycles. The summed E-state index contributed by atoms with van der Waals surface area (Å²) in [7, 11) is -3.89. The van der Waals surface area contributed by atoms with Gasteiger partial charge in [0.05, 0.1) is 6.61 Å². The van der Waals surface area contributed by atoms with Crippen LogP contribution < -0.4 is 0 Å². The predicted molar refractivity (Wildman–Crippen MR) is 125 cm³/mol. The fourth-order valence-corrected chi connectivity index (χ4v) is 5.89. The number of hydrogen-bond acceptors (Lipinski definition) is 6. The van der Waals surface area contributed by atoms with Crippen molar-refractivity contribution in [2.24, 2.45) is 11.8 Å². The van der Waals surface area contributed by atoms with Gasteiger partial charge in [-0.05, 0) is 63.1 Å². The minimum atomic E-state index is -3.89. The van der Waals surface area contributed by atoms with Crippen LogP contribution in [-0.4, -0.2) is 55.2 Å². The van der Waals surface area contributed by atoms with Gasteiger partial charge in [-0.15, -0.1) is 0 Å². The highest BCUT2D eigenvalue weighted by Gasteiger charge is 2.39. The summed E-state index contributed by atoms with van der Waals surface area (Å²) in [6, 6.07) is 12.7. The van der Waals surface area contributed by atoms with Gasteiger partial charge in [0.1, 0.15) is 0 Å². The van der Waals surface area contributed by atoms with Crippen molar-refractivity contribution >= 4 is 21.9 Å². The average molecular weight is 489 g/mol. The molecular weight excluding hydrogens is 456 g/mol. The van der Waals surface area contributed by atoms with Crippen LogP contribution in [0.4, 0.5) is 0 Å². The van der Waals surface area contributed by atoms with Crippen LogP contribution in [0.5, 0.6) is 0 Å². The van der Waals surface area contributed by atoms with Crippen molar-refractivity contribution in [2.75, 3.05) is 19.7 Å². The van der Waals surface area contributed by atoms with Crippen LogP contribution in [0.15, 0.2) is 52.0 Å². The van der Waals surface area contributed by atoms with Gasteiger partial charge in [0.15, 0.2) is 0 Å². The van der Waals surface area contributed by atoms with Crippen LogP contribution in [0.2, 0.25) is 0 Å². The molecule has 0 radical (unpaired) electrons. The van der Waals surface area contributed by atoms with E-state index in [1.807, 2.05) is 35.2 Å². The maximum Gasteiger partial charge on any atom is 0.374 e. The van der Waals surface area contributed by atoms with E-state index in [2.05, 4.69) is 6.92 Å². The molecule has 0 bridgehead atoms. The zero-order chi connectivity index (χ0) is 24.3. The maximum atomic E-state index is 13.5. The summed E-state index contributed by atoms with van der Waals surface area (Å²) in [5, 5.41) is -0.284. The number of carbonyl (C=O) groups excluding carboxylic acids is 2.